The van der Waals surface area contributed by atoms with Gasteiger partial charge in [0, 0.05) is 19.0 Å². The maximum absolute atomic E-state index is 12.1. The van der Waals surface area contributed by atoms with Crippen LogP contribution in [0.25, 0.3) is 0 Å². The van der Waals surface area contributed by atoms with Gasteiger partial charge in [0.1, 0.15) is 6.10 Å². The van der Waals surface area contributed by atoms with Gasteiger partial charge in [-0.1, -0.05) is 19.8 Å². The molecule has 1 heterocycles. The van der Waals surface area contributed by atoms with Crippen LogP contribution in [0, 0.1) is 11.8 Å². The maximum Gasteiger partial charge on any atom is 0.165 e. The van der Waals surface area contributed by atoms with Gasteiger partial charge < -0.3 is 10.1 Å². The summed E-state index contributed by atoms with van der Waals surface area (Å²) in [5.41, 5.74) is 0. The van der Waals surface area contributed by atoms with Crippen LogP contribution in [-0.4, -0.2) is 31.6 Å². The summed E-state index contributed by atoms with van der Waals surface area (Å²) in [6.45, 7) is 4.55. The highest BCUT2D eigenvalue weighted by molar-refractivity contribution is 5.85. The SMILES string of the molecule is CC1CCC(C(=O)C2CNCCO2)CC1. The fourth-order valence-electron chi connectivity index (χ4n) is 2.56. The molecule has 15 heavy (non-hydrogen) atoms. The van der Waals surface area contributed by atoms with E-state index in [1.807, 2.05) is 0 Å². The van der Waals surface area contributed by atoms with Gasteiger partial charge in [0.15, 0.2) is 5.78 Å². The number of nitrogens with one attached hydrogen (secondary N) is 1. The van der Waals surface area contributed by atoms with E-state index < -0.39 is 0 Å². The Kier molecular flexibility index (Phi) is 3.76. The minimum Gasteiger partial charge on any atom is -0.368 e. The highest BCUT2D eigenvalue weighted by atomic mass is 16.5. The Morgan fingerprint density at radius 2 is 2.00 bits per heavy atom. The van der Waals surface area contributed by atoms with Gasteiger partial charge in [0.05, 0.1) is 6.61 Å². The number of carbonyl (C=O) groups excluding carboxylic acids is 1. The van der Waals surface area contributed by atoms with Crippen molar-refractivity contribution in [1.82, 2.24) is 5.32 Å². The first-order chi connectivity index (χ1) is 7.27. The van der Waals surface area contributed by atoms with Crippen molar-refractivity contribution in [3.8, 4) is 0 Å². The van der Waals surface area contributed by atoms with Crippen molar-refractivity contribution < 1.29 is 9.53 Å². The predicted molar refractivity (Wildman–Crippen MR) is 58.7 cm³/mol. The number of Topliss-reactive ketones (excluding diaryl/α,β-unsaturated/α-hetero) is 1. The lowest BCUT2D eigenvalue weighted by Gasteiger charge is -2.30. The van der Waals surface area contributed by atoms with Crippen molar-refractivity contribution in [1.29, 1.82) is 0 Å². The summed E-state index contributed by atoms with van der Waals surface area (Å²) in [6.07, 6.45) is 4.38. The van der Waals surface area contributed by atoms with Gasteiger partial charge in [0.2, 0.25) is 0 Å². The van der Waals surface area contributed by atoms with Crippen molar-refractivity contribution in [2.75, 3.05) is 19.7 Å². The van der Waals surface area contributed by atoms with E-state index in [1.165, 1.54) is 12.8 Å². The minimum atomic E-state index is -0.169. The second-order valence-corrected chi connectivity index (χ2v) is 4.92. The van der Waals surface area contributed by atoms with Crippen LogP contribution in [0.4, 0.5) is 0 Å². The fraction of sp³-hybridized carbons (Fsp3) is 0.917. The Bertz CT molecular complexity index is 216. The van der Waals surface area contributed by atoms with Crippen molar-refractivity contribution in [2.24, 2.45) is 11.8 Å². The molecule has 1 saturated carbocycles. The average Bonchev–Trinajstić information content (AvgIpc) is 2.30. The Labute approximate surface area is 91.6 Å². The number of ketones is 1. The van der Waals surface area contributed by atoms with Gasteiger partial charge in [-0.2, -0.15) is 0 Å². The number of carbonyl (C=O) groups is 1. The lowest BCUT2D eigenvalue weighted by Crippen LogP contribution is -2.45. The first-order valence-corrected chi connectivity index (χ1v) is 6.13. The molecule has 0 radical (unpaired) electrons. The molecule has 2 aliphatic rings. The standard InChI is InChI=1S/C12H21NO2/c1-9-2-4-10(5-3-9)12(14)11-8-13-6-7-15-11/h9-11,13H,2-8H2,1H3. The molecule has 1 saturated heterocycles. The van der Waals surface area contributed by atoms with E-state index in [-0.39, 0.29) is 12.0 Å². The summed E-state index contributed by atoms with van der Waals surface area (Å²) in [6, 6.07) is 0. The molecule has 3 nitrogen and oxygen atoms in total. The summed E-state index contributed by atoms with van der Waals surface area (Å²) < 4.78 is 5.51. The van der Waals surface area contributed by atoms with Crippen LogP contribution >= 0.6 is 0 Å². The molecule has 2 fully saturated rings. The summed E-state index contributed by atoms with van der Waals surface area (Å²) in [4.78, 5) is 12.1. The second kappa shape index (κ2) is 5.08. The molecular weight excluding hydrogens is 190 g/mol. The molecule has 1 atom stereocenters. The van der Waals surface area contributed by atoms with Gasteiger partial charge in [-0.25, -0.2) is 0 Å². The van der Waals surface area contributed by atoms with E-state index in [2.05, 4.69) is 12.2 Å². The van der Waals surface area contributed by atoms with E-state index >= 15 is 0 Å². The molecule has 0 aromatic rings. The van der Waals surface area contributed by atoms with E-state index in [4.69, 9.17) is 4.74 Å². The highest BCUT2D eigenvalue weighted by Crippen LogP contribution is 2.29. The monoisotopic (exact) mass is 211 g/mol. The fourth-order valence-corrected chi connectivity index (χ4v) is 2.56. The molecule has 1 aliphatic heterocycles. The molecule has 0 bridgehead atoms. The number of morpholine rings is 1. The topological polar surface area (TPSA) is 38.3 Å². The van der Waals surface area contributed by atoms with Crippen LogP contribution in [0.2, 0.25) is 0 Å². The summed E-state index contributed by atoms with van der Waals surface area (Å²) in [7, 11) is 0. The van der Waals surface area contributed by atoms with Crippen molar-refractivity contribution in [3.05, 3.63) is 0 Å². The minimum absolute atomic E-state index is 0.169. The van der Waals surface area contributed by atoms with Crippen molar-refractivity contribution >= 4 is 5.78 Å². The second-order valence-electron chi connectivity index (χ2n) is 4.92. The number of hydrogen-bond acceptors (Lipinski definition) is 3. The molecule has 0 aromatic heterocycles. The molecular formula is C12H21NO2. The molecule has 0 amide bonds. The van der Waals surface area contributed by atoms with Crippen LogP contribution in [-0.2, 0) is 9.53 Å². The largest absolute Gasteiger partial charge is 0.368 e. The number of ether oxygens (including phenoxy) is 1. The van der Waals surface area contributed by atoms with Gasteiger partial charge >= 0.3 is 0 Å². The number of hydrogen-bond donors (Lipinski definition) is 1. The van der Waals surface area contributed by atoms with Crippen LogP contribution in [0.15, 0.2) is 0 Å². The lowest BCUT2D eigenvalue weighted by molar-refractivity contribution is -0.137. The average molecular weight is 211 g/mol. The Hall–Kier alpha value is -0.410. The molecule has 1 unspecified atom stereocenters. The van der Waals surface area contributed by atoms with Crippen LogP contribution in [0.5, 0.6) is 0 Å². The summed E-state index contributed by atoms with van der Waals surface area (Å²) in [5.74, 6) is 1.42. The van der Waals surface area contributed by atoms with Gasteiger partial charge in [-0.15, -0.1) is 0 Å². The molecule has 0 aromatic carbocycles. The zero-order valence-corrected chi connectivity index (χ0v) is 9.50. The van der Waals surface area contributed by atoms with E-state index in [9.17, 15) is 4.79 Å². The molecule has 2 rings (SSSR count). The van der Waals surface area contributed by atoms with E-state index in [0.717, 1.165) is 25.3 Å². The van der Waals surface area contributed by atoms with Crippen molar-refractivity contribution in [2.45, 2.75) is 38.7 Å². The first-order valence-electron chi connectivity index (χ1n) is 6.13. The molecule has 1 aliphatic carbocycles. The lowest BCUT2D eigenvalue weighted by atomic mass is 9.79. The Balaban J connectivity index is 1.84. The van der Waals surface area contributed by atoms with Gasteiger partial charge in [-0.05, 0) is 18.8 Å². The third-order valence-electron chi connectivity index (χ3n) is 3.66. The van der Waals surface area contributed by atoms with Crippen LogP contribution in [0.1, 0.15) is 32.6 Å². The molecule has 0 spiro atoms. The number of rotatable bonds is 2. The zero-order chi connectivity index (χ0) is 10.7. The normalized spacial score (nSPS) is 37.5. The first kappa shape index (κ1) is 11.1. The van der Waals surface area contributed by atoms with E-state index in [0.29, 0.717) is 18.9 Å². The Morgan fingerprint density at radius 1 is 1.27 bits per heavy atom. The summed E-state index contributed by atoms with van der Waals surface area (Å²) >= 11 is 0. The Morgan fingerprint density at radius 3 is 2.60 bits per heavy atom. The smallest absolute Gasteiger partial charge is 0.165 e. The highest BCUT2D eigenvalue weighted by Gasteiger charge is 2.31. The van der Waals surface area contributed by atoms with Gasteiger partial charge in [-0.3, -0.25) is 4.79 Å². The zero-order valence-electron chi connectivity index (χ0n) is 9.50. The quantitative estimate of drug-likeness (QED) is 0.749. The third kappa shape index (κ3) is 2.79. The summed E-state index contributed by atoms with van der Waals surface area (Å²) in [5, 5.41) is 3.22. The van der Waals surface area contributed by atoms with Crippen LogP contribution < -0.4 is 5.32 Å². The molecule has 3 heteroatoms. The van der Waals surface area contributed by atoms with E-state index in [1.54, 1.807) is 0 Å². The van der Waals surface area contributed by atoms with Gasteiger partial charge in [0.25, 0.3) is 0 Å². The predicted octanol–water partition coefficient (Wildman–Crippen LogP) is 1.37. The maximum atomic E-state index is 12.1. The van der Waals surface area contributed by atoms with Crippen molar-refractivity contribution in [3.63, 3.8) is 0 Å². The third-order valence-corrected chi connectivity index (χ3v) is 3.66. The molecule has 1 N–H and O–H groups in total. The molecule has 86 valence electrons. The van der Waals surface area contributed by atoms with Crippen LogP contribution in [0.3, 0.4) is 0 Å².